The number of fused-ring (bicyclic) bond motifs is 8. The first-order chi connectivity index (χ1) is 59.3. The number of hydrogen-bond acceptors (Lipinski definition) is 33. The number of rotatable bonds is 21. The van der Waals surface area contributed by atoms with Gasteiger partial charge in [0.1, 0.15) is 63.2 Å². The van der Waals surface area contributed by atoms with E-state index in [2.05, 4.69) is 0 Å². The van der Waals surface area contributed by atoms with Crippen LogP contribution in [0.1, 0.15) is 198 Å². The second-order valence-corrected chi connectivity index (χ2v) is 45.9. The smallest absolute Gasteiger partial charge is 0.377 e. The van der Waals surface area contributed by atoms with E-state index in [0.717, 1.165) is 51.4 Å². The Bertz CT molecular complexity index is 4080. The van der Waals surface area contributed by atoms with Gasteiger partial charge in [-0.05, 0) is 217 Å². The molecule has 16 saturated carbocycles. The fourth-order valence-electron chi connectivity index (χ4n) is 27.0. The summed E-state index contributed by atoms with van der Waals surface area (Å²) in [4.78, 5) is 98.1. The van der Waals surface area contributed by atoms with E-state index in [-0.39, 0.29) is 112 Å². The molecule has 41 heteroatoms. The highest BCUT2D eigenvalue weighted by atomic mass is 32.2. The second kappa shape index (κ2) is 32.1. The summed E-state index contributed by atoms with van der Waals surface area (Å²) in [5.74, 6) is -22.9. The van der Waals surface area contributed by atoms with Crippen LogP contribution in [0.2, 0.25) is 0 Å². The minimum absolute atomic E-state index is 0.00338. The van der Waals surface area contributed by atoms with Crippen molar-refractivity contribution in [1.82, 2.24) is 0 Å². The zero-order chi connectivity index (χ0) is 89.5. The van der Waals surface area contributed by atoms with Crippen molar-refractivity contribution < 1.29 is 173 Å². The Hall–Kier alpha value is -3.92. The summed E-state index contributed by atoms with van der Waals surface area (Å²) in [6.45, 7) is 14.5. The summed E-state index contributed by atoms with van der Waals surface area (Å²) >= 11 is 7.07. The lowest BCUT2D eigenvalue weighted by molar-refractivity contribution is -0.346. The van der Waals surface area contributed by atoms with E-state index in [1.807, 2.05) is 32.5 Å². The molecule has 10 heterocycles. The molecular weight excluding hydrogens is 1770 g/mol. The highest BCUT2D eigenvalue weighted by Crippen LogP contribution is 2.78. The maximum absolute atomic E-state index is 13.6. The molecule has 0 amide bonds. The first-order valence-corrected chi connectivity index (χ1v) is 48.1. The fourth-order valence-corrected chi connectivity index (χ4v) is 36.0. The van der Waals surface area contributed by atoms with E-state index < -0.39 is 174 Å². The number of cyclic esters (lactones) is 4. The Balaban J connectivity index is 0.000000110. The topological polar surface area (TPSA) is 330 Å². The standard InChI is InChI=1S/C23H30F2O9.C21H28F2O8.C21H28F2O6S2.C20H24F2O6S2/c1-4-28-10(2)29-18-15-14(17(26)31-18)16-19(30-15)33-23(32-16)12-5-11-6-13(23)9-22(7-11,8-12)34-20(27)21(3,24)25;1-4-26-10(2)27-17-15-14(16(24)28-17)29-21(30-15)12-5-11-6-13(21)9-20(7-11,8-12)31-18(25)19(3,22)23;1-4-26-10(2)27-17-15-14(16(24)28-17)30-21(31-15)12-5-11-6-13(21)9-20(7-11,8-12)29-18(25)19(3,22)23;1-18(21,22)17(24)28-19-5-8-3-9(6-19)20(10(4-8)7-19)29-13-11-12(26-16(13)30-20)15(25-2)27-14(11)23/h10-16,18-19H,4-9H2,1-3H3;2*10-15,17H,4-9H2,1-3H3;8-13,15-16H,3-7H2,1-2H3. The van der Waals surface area contributed by atoms with Crippen molar-refractivity contribution in [3.05, 3.63) is 0 Å². The van der Waals surface area contributed by atoms with Gasteiger partial charge in [0, 0.05) is 78.3 Å². The molecule has 26 fully saturated rings. The number of hydrogen-bond donors (Lipinski definition) is 0. The lowest BCUT2D eigenvalue weighted by atomic mass is 9.51. The first kappa shape index (κ1) is 91.2. The Morgan fingerprint density at radius 2 is 0.730 bits per heavy atom. The van der Waals surface area contributed by atoms with Crippen LogP contribution in [0, 0.1) is 82.9 Å². The van der Waals surface area contributed by atoms with Crippen LogP contribution in [-0.2, 0) is 138 Å². The van der Waals surface area contributed by atoms with Crippen LogP contribution in [0.25, 0.3) is 0 Å². The van der Waals surface area contributed by atoms with E-state index in [4.69, 9.17) is 99.5 Å². The number of methoxy groups -OCH3 is 1. The van der Waals surface area contributed by atoms with Crippen molar-refractivity contribution in [2.75, 3.05) is 26.9 Å². The summed E-state index contributed by atoms with van der Waals surface area (Å²) in [6, 6.07) is 0. The Kier molecular flexibility index (Phi) is 23.3. The van der Waals surface area contributed by atoms with Gasteiger partial charge in [-0.1, -0.05) is 0 Å². The van der Waals surface area contributed by atoms with Crippen LogP contribution < -0.4 is 0 Å². The van der Waals surface area contributed by atoms with Crippen LogP contribution in [0.4, 0.5) is 35.1 Å². The molecule has 0 aromatic rings. The molecule has 27 atom stereocenters. The molecule has 29 nitrogen and oxygen atoms in total. The average Bonchev–Trinajstić information content (AvgIpc) is 1.45. The van der Waals surface area contributed by atoms with Gasteiger partial charge < -0.3 is 99.5 Å². The quantitative estimate of drug-likeness (QED) is 0.0446. The van der Waals surface area contributed by atoms with Crippen LogP contribution in [-0.4, -0.2) is 243 Å². The lowest BCUT2D eigenvalue weighted by Crippen LogP contribution is -2.66. The van der Waals surface area contributed by atoms with Gasteiger partial charge in [0.25, 0.3) is 0 Å². The molecule has 126 heavy (non-hydrogen) atoms. The predicted molar refractivity (Wildman–Crippen MR) is 418 cm³/mol. The molecule has 4 spiro atoms. The summed E-state index contributed by atoms with van der Waals surface area (Å²) < 4.78 is 228. The number of carbonyl (C=O) groups excluding carboxylic acids is 8. The zero-order valence-corrected chi connectivity index (χ0v) is 74.9. The molecule has 10 aliphatic heterocycles. The maximum atomic E-state index is 13.6. The number of ether oxygens (including phenoxy) is 21. The van der Waals surface area contributed by atoms with Crippen molar-refractivity contribution in [3.63, 3.8) is 0 Å². The average molecular weight is 1880 g/mol. The van der Waals surface area contributed by atoms with Crippen molar-refractivity contribution >= 4 is 94.8 Å². The summed E-state index contributed by atoms with van der Waals surface area (Å²) in [6.07, 6.45) is 4.63. The lowest BCUT2D eigenvalue weighted by Gasteiger charge is -2.63. The largest absolute Gasteiger partial charge is 0.455 e. The van der Waals surface area contributed by atoms with E-state index in [1.165, 1.54) is 7.11 Å². The predicted octanol–water partition coefficient (Wildman–Crippen LogP) is 12.2. The van der Waals surface area contributed by atoms with Crippen molar-refractivity contribution in [2.24, 2.45) is 82.9 Å². The van der Waals surface area contributed by atoms with Crippen LogP contribution in [0.5, 0.6) is 0 Å². The zero-order valence-electron chi connectivity index (χ0n) is 71.7. The fraction of sp³-hybridized carbons (Fsp3) is 0.906. The molecule has 0 N–H and O–H groups in total. The number of alkyl halides is 8. The molecule has 16 aliphatic carbocycles. The van der Waals surface area contributed by atoms with E-state index in [0.29, 0.717) is 136 Å². The molecule has 27 unspecified atom stereocenters. The first-order valence-electron chi connectivity index (χ1n) is 44.6. The molecule has 10 saturated heterocycles. The summed E-state index contributed by atoms with van der Waals surface area (Å²) in [5, 5.41) is -0.431. The van der Waals surface area contributed by atoms with Crippen molar-refractivity contribution in [1.29, 1.82) is 0 Å². The van der Waals surface area contributed by atoms with Gasteiger partial charge in [-0.25, -0.2) is 24.0 Å². The third kappa shape index (κ3) is 15.5. The van der Waals surface area contributed by atoms with Crippen LogP contribution in [0.15, 0.2) is 0 Å². The number of esters is 8. The molecular formula is C85H110F8O29S4. The highest BCUT2D eigenvalue weighted by Gasteiger charge is 2.79. The van der Waals surface area contributed by atoms with Gasteiger partial charge in [-0.15, -0.1) is 47.0 Å². The summed E-state index contributed by atoms with van der Waals surface area (Å²) in [7, 11) is 1.51. The second-order valence-electron chi connectivity index (χ2n) is 39.7. The van der Waals surface area contributed by atoms with E-state index in [1.54, 1.807) is 56.1 Å². The monoisotopic (exact) mass is 1870 g/mol. The Morgan fingerprint density at radius 1 is 0.389 bits per heavy atom. The molecule has 704 valence electrons. The molecule has 26 rings (SSSR count). The normalized spacial score (nSPS) is 48.7. The SMILES string of the molecule is CCOC(C)OC1OC(=O)C2C1OC1OC3(OC12)C1CC2CC3CC(OC(=O)C(C)(F)F)(C2)C1.CCOC(C)OC1OC(=O)C2OC3(OC12)C1CC2CC3CC(OC(=O)C(C)(F)F)(C2)C1.CCOC(C)OC1OC(=O)C2SC3(SC12)C1CC2CC3CC(OC(=O)C(C)(F)F)(C2)C1.COC1OC(=O)C2C1OC1SC3(SC12)C1CC2CC3CC(OC(=O)C(C)(F)F)(C2)C1. The van der Waals surface area contributed by atoms with E-state index in [9.17, 15) is 73.5 Å². The Morgan fingerprint density at radius 3 is 1.15 bits per heavy atom. The number of carbonyl (C=O) groups is 8. The van der Waals surface area contributed by atoms with Crippen LogP contribution in [0.3, 0.4) is 0 Å². The number of halogens is 8. The van der Waals surface area contributed by atoms with Gasteiger partial charge in [-0.3, -0.25) is 14.4 Å². The van der Waals surface area contributed by atoms with E-state index >= 15 is 0 Å². The third-order valence-electron chi connectivity index (χ3n) is 30.8. The highest BCUT2D eigenvalue weighted by molar-refractivity contribution is 8.22. The van der Waals surface area contributed by atoms with Crippen molar-refractivity contribution in [3.8, 4) is 0 Å². The van der Waals surface area contributed by atoms with Gasteiger partial charge in [0.05, 0.1) is 18.7 Å². The Labute approximate surface area is 739 Å². The van der Waals surface area contributed by atoms with Gasteiger partial charge in [-0.2, -0.15) is 35.1 Å². The van der Waals surface area contributed by atoms with Gasteiger partial charge in [0.15, 0.2) is 48.9 Å². The molecule has 0 aromatic carbocycles. The molecule has 0 aromatic heterocycles. The number of thioether (sulfide) groups is 4. The van der Waals surface area contributed by atoms with Crippen LogP contribution >= 0.6 is 47.0 Å². The van der Waals surface area contributed by atoms with Gasteiger partial charge in [0.2, 0.25) is 25.2 Å². The summed E-state index contributed by atoms with van der Waals surface area (Å²) in [5.41, 5.74) is -3.52. The third-order valence-corrected chi connectivity index (χ3v) is 39.4. The van der Waals surface area contributed by atoms with Gasteiger partial charge >= 0.3 is 71.4 Å². The molecule has 26 aliphatic rings. The molecule has 0 radical (unpaired) electrons. The van der Waals surface area contributed by atoms with Crippen molar-refractivity contribution in [2.45, 2.75) is 366 Å². The minimum atomic E-state index is -3.54. The maximum Gasteiger partial charge on any atom is 0.377 e. The molecule has 16 bridgehead atoms. The minimum Gasteiger partial charge on any atom is -0.455 e.